The van der Waals surface area contributed by atoms with E-state index in [9.17, 15) is 46.8 Å². The van der Waals surface area contributed by atoms with Crippen molar-refractivity contribution in [1.29, 1.82) is 0 Å². The number of hydrogen-bond donors (Lipinski definition) is 7. The Morgan fingerprint density at radius 3 is 2.34 bits per heavy atom. The second-order valence-electron chi connectivity index (χ2n) is 12.2. The van der Waals surface area contributed by atoms with E-state index in [2.05, 4.69) is 41.2 Å². The molecule has 8 N–H and O–H groups in total. The third-order valence-electron chi connectivity index (χ3n) is 7.92. The van der Waals surface area contributed by atoms with E-state index >= 15 is 0 Å². The monoisotopic (exact) mass is 835 g/mol. The van der Waals surface area contributed by atoms with Crippen molar-refractivity contribution in [1.82, 2.24) is 30.6 Å². The molecule has 0 aliphatic carbocycles. The quantitative estimate of drug-likeness (QED) is 0.0457. The molecule has 2 heterocycles. The number of alkyl halides is 3. The lowest BCUT2D eigenvalue weighted by molar-refractivity contribution is -0.139. The first-order valence-electron chi connectivity index (χ1n) is 17.7. The van der Waals surface area contributed by atoms with Gasteiger partial charge in [0.2, 0.25) is 11.9 Å². The number of H-pyrrole nitrogens is 1. The van der Waals surface area contributed by atoms with E-state index in [0.29, 0.717) is 36.4 Å². The molecule has 19 nitrogen and oxygen atoms in total. The molecule has 2 aromatic heterocycles. The molecule has 0 fully saturated rings. The summed E-state index contributed by atoms with van der Waals surface area (Å²) in [4.78, 5) is 77.4. The van der Waals surface area contributed by atoms with Gasteiger partial charge in [0.25, 0.3) is 11.8 Å². The zero-order valence-corrected chi connectivity index (χ0v) is 32.1. The minimum absolute atomic E-state index is 0.00277. The number of fused-ring (bicyclic) bond motifs is 1. The predicted octanol–water partition coefficient (Wildman–Crippen LogP) is 4.24. The molecule has 0 saturated heterocycles. The van der Waals surface area contributed by atoms with Crippen LogP contribution in [0.3, 0.4) is 0 Å². The molecular weight excluding hydrogens is 794 g/mol. The van der Waals surface area contributed by atoms with Crippen LogP contribution < -0.4 is 32.6 Å². The molecule has 0 unspecified atom stereocenters. The summed E-state index contributed by atoms with van der Waals surface area (Å²) in [6.45, 7) is 3.59. The molecule has 4 rings (SSSR count). The van der Waals surface area contributed by atoms with Gasteiger partial charge in [-0.25, -0.2) is 19.3 Å². The van der Waals surface area contributed by atoms with Gasteiger partial charge in [0.15, 0.2) is 11.2 Å². The third kappa shape index (κ3) is 13.0. The van der Waals surface area contributed by atoms with Crippen LogP contribution in [-0.2, 0) is 40.4 Å². The van der Waals surface area contributed by atoms with Gasteiger partial charge in [-0.3, -0.25) is 32.7 Å². The lowest BCUT2D eigenvalue weighted by atomic mass is 10.1. The highest BCUT2D eigenvalue weighted by Crippen LogP contribution is 2.49. The van der Waals surface area contributed by atoms with Crippen LogP contribution in [0.4, 0.5) is 30.5 Å². The number of hydrogen-bond acceptors (Lipinski definition) is 14. The highest BCUT2D eigenvalue weighted by atomic mass is 31.2. The van der Waals surface area contributed by atoms with Crippen molar-refractivity contribution in [3.63, 3.8) is 0 Å². The number of aromatic amines is 1. The molecule has 0 aliphatic heterocycles. The number of aliphatic carboxylic acids is 1. The summed E-state index contributed by atoms with van der Waals surface area (Å²) in [7, 11) is -3.72. The number of carboxylic acids is 1. The summed E-state index contributed by atoms with van der Waals surface area (Å²) < 4.78 is 68.3. The number of carboxylic acid groups (broad SMARTS) is 1. The maximum atomic E-state index is 13.6. The fraction of sp³-hybridized carbons (Fsp3) is 0.371. The maximum absolute atomic E-state index is 13.6. The van der Waals surface area contributed by atoms with E-state index in [4.69, 9.17) is 19.3 Å². The number of nitrogen functional groups attached to an aromatic ring is 1. The standard InChI is InChI=1S/C35H41F3N9O10P/c1-3-55-58(54,56-4-2)57-16-6-5-15-40-31(50)24-12-9-21(35(36,37)38)17-26(24)44-27(48)14-13-25(33(52)53)45-30(49)20-7-10-22(11-8-20)41-18-23-19-42-29-28(43-23)32(51)47-34(39)46-29/h7-12,17,19,25,41H,3-6,13-16,18H2,1-2H3,(H,40,50)(H,44,48)(H,45,49)(H,52,53)(H3,39,42,46,47,51)/t25-/m0/s1. The summed E-state index contributed by atoms with van der Waals surface area (Å²) in [5.74, 6) is -4.09. The molecule has 0 radical (unpaired) electrons. The molecule has 23 heteroatoms. The Balaban J connectivity index is 1.31. The Bertz CT molecular complexity index is 2200. The molecule has 0 aliphatic rings. The highest BCUT2D eigenvalue weighted by Gasteiger charge is 2.32. The molecule has 0 saturated carbocycles. The second kappa shape index (κ2) is 20.5. The Morgan fingerprint density at radius 1 is 0.983 bits per heavy atom. The zero-order valence-electron chi connectivity index (χ0n) is 31.2. The van der Waals surface area contributed by atoms with Crippen LogP contribution in [-0.4, -0.2) is 81.1 Å². The van der Waals surface area contributed by atoms with E-state index < -0.39 is 73.4 Å². The largest absolute Gasteiger partial charge is 0.480 e. The van der Waals surface area contributed by atoms with Crippen LogP contribution in [0.2, 0.25) is 0 Å². The molecule has 0 spiro atoms. The fourth-order valence-electron chi connectivity index (χ4n) is 5.13. The number of carbonyl (C=O) groups excluding carboxylic acids is 3. The second-order valence-corrected chi connectivity index (χ2v) is 13.9. The maximum Gasteiger partial charge on any atom is 0.474 e. The summed E-state index contributed by atoms with van der Waals surface area (Å²) in [6.07, 6.45) is -3.77. The summed E-state index contributed by atoms with van der Waals surface area (Å²) in [5.41, 5.74) is 4.14. The van der Waals surface area contributed by atoms with Crippen molar-refractivity contribution >= 4 is 60.0 Å². The topological polar surface area (TPSA) is 279 Å². The normalized spacial score (nSPS) is 12.2. The molecule has 312 valence electrons. The Labute approximate surface area is 328 Å². The van der Waals surface area contributed by atoms with Crippen molar-refractivity contribution in [2.45, 2.75) is 58.3 Å². The Morgan fingerprint density at radius 2 is 1.69 bits per heavy atom. The number of halogens is 3. The Hall–Kier alpha value is -5.96. The number of nitrogens with zero attached hydrogens (tertiary/aromatic N) is 3. The van der Waals surface area contributed by atoms with Crippen molar-refractivity contribution in [2.75, 3.05) is 42.7 Å². The molecule has 0 bridgehead atoms. The average Bonchev–Trinajstić information content (AvgIpc) is 3.16. The molecule has 2 aromatic carbocycles. The van der Waals surface area contributed by atoms with Gasteiger partial charge in [-0.15, -0.1) is 0 Å². The SMILES string of the molecule is CCOP(=O)(OCC)OCCCCNC(=O)c1ccc(C(F)(F)F)cc1NC(=O)CC[C@H](NC(=O)c1ccc(NCc2cnc3[nH]c(N)nc(=O)c3n2)cc1)C(=O)O. The number of rotatable bonds is 21. The van der Waals surface area contributed by atoms with Gasteiger partial charge in [0, 0.05) is 24.2 Å². The van der Waals surface area contributed by atoms with E-state index in [0.717, 1.165) is 6.07 Å². The van der Waals surface area contributed by atoms with Gasteiger partial charge in [0.05, 0.1) is 55.1 Å². The number of phosphoric acid groups is 1. The number of amides is 3. The van der Waals surface area contributed by atoms with Crippen LogP contribution in [0, 0.1) is 0 Å². The van der Waals surface area contributed by atoms with Crippen LogP contribution >= 0.6 is 7.82 Å². The number of unbranched alkanes of at least 4 members (excludes halogenated alkanes) is 1. The first-order chi connectivity index (χ1) is 27.5. The Kier molecular flexibility index (Phi) is 15.8. The number of phosphoric ester groups is 1. The summed E-state index contributed by atoms with van der Waals surface area (Å²) >= 11 is 0. The van der Waals surface area contributed by atoms with Crippen molar-refractivity contribution in [2.24, 2.45) is 0 Å². The zero-order chi connectivity index (χ0) is 42.5. The van der Waals surface area contributed by atoms with Crippen molar-refractivity contribution in [3.05, 3.63) is 81.4 Å². The molecule has 3 amide bonds. The lowest BCUT2D eigenvalue weighted by Crippen LogP contribution is -2.41. The highest BCUT2D eigenvalue weighted by molar-refractivity contribution is 7.48. The first kappa shape index (κ1) is 44.8. The van der Waals surface area contributed by atoms with Gasteiger partial charge in [0.1, 0.15) is 6.04 Å². The average molecular weight is 836 g/mol. The van der Waals surface area contributed by atoms with Crippen molar-refractivity contribution < 1.29 is 55.6 Å². The van der Waals surface area contributed by atoms with Gasteiger partial charge >= 0.3 is 25.5 Å². The number of aromatic nitrogens is 4. The molecule has 4 aromatic rings. The molecule has 1 atom stereocenters. The summed E-state index contributed by atoms with van der Waals surface area (Å²) in [5, 5.41) is 19.9. The fourth-order valence-corrected chi connectivity index (χ4v) is 6.34. The van der Waals surface area contributed by atoms with Gasteiger partial charge < -0.3 is 37.1 Å². The summed E-state index contributed by atoms with van der Waals surface area (Å²) in [6, 6.07) is 6.46. The molecule has 58 heavy (non-hydrogen) atoms. The van der Waals surface area contributed by atoms with Crippen LogP contribution in [0.5, 0.6) is 0 Å². The lowest BCUT2D eigenvalue weighted by Gasteiger charge is -2.17. The van der Waals surface area contributed by atoms with E-state index in [1.807, 2.05) is 0 Å². The van der Waals surface area contributed by atoms with Crippen LogP contribution in [0.25, 0.3) is 11.2 Å². The van der Waals surface area contributed by atoms with Crippen LogP contribution in [0.15, 0.2) is 53.5 Å². The van der Waals surface area contributed by atoms with Crippen molar-refractivity contribution in [3.8, 4) is 0 Å². The third-order valence-corrected chi connectivity index (χ3v) is 9.57. The minimum atomic E-state index is -4.81. The molecular formula is C35H41F3N9O10P. The van der Waals surface area contributed by atoms with Gasteiger partial charge in [-0.1, -0.05) is 0 Å². The number of nitrogens with two attached hydrogens (primary N) is 1. The van der Waals surface area contributed by atoms with E-state index in [1.165, 1.54) is 30.5 Å². The number of nitrogens with one attached hydrogen (secondary N) is 5. The number of benzene rings is 2. The number of anilines is 3. The van der Waals surface area contributed by atoms with Gasteiger partial charge in [-0.2, -0.15) is 18.2 Å². The van der Waals surface area contributed by atoms with Gasteiger partial charge in [-0.05, 0) is 75.6 Å². The smallest absolute Gasteiger partial charge is 0.474 e. The minimum Gasteiger partial charge on any atom is -0.480 e. The van der Waals surface area contributed by atoms with Crippen LogP contribution in [0.1, 0.15) is 71.5 Å². The predicted molar refractivity (Wildman–Crippen MR) is 203 cm³/mol. The first-order valence-corrected chi connectivity index (χ1v) is 19.2. The van der Waals surface area contributed by atoms with E-state index in [-0.39, 0.29) is 61.1 Å². The number of carbonyl (C=O) groups is 4. The van der Waals surface area contributed by atoms with E-state index in [1.54, 1.807) is 13.8 Å².